The molecule has 6 N–H and O–H groups in total. The molecule has 0 saturated heterocycles. The number of primary amides is 1. The standard InChI is InChI=1S/C21H19N5O2.CH3NO.CH5N/c1-23-19-13-26(25-20(19)14-27)18-8-3-6-16(12-18)15-5-2-7-17(11-15)21(28)24-10-4-9-22;2-1-3;1-2/h2-3,5-8,11-14,23H,4,10H2,1H3,(H,24,28);1H,(H2,2,3);2H2,1H3. The van der Waals surface area contributed by atoms with Crippen LogP contribution in [-0.4, -0.2) is 49.0 Å². The van der Waals surface area contributed by atoms with Gasteiger partial charge in [-0.05, 0) is 42.4 Å². The van der Waals surface area contributed by atoms with Crippen LogP contribution in [0.5, 0.6) is 0 Å². The highest BCUT2D eigenvalue weighted by Crippen LogP contribution is 2.24. The minimum atomic E-state index is -0.213. The van der Waals surface area contributed by atoms with Gasteiger partial charge in [-0.25, -0.2) is 4.68 Å². The van der Waals surface area contributed by atoms with Crippen LogP contribution in [0, 0.1) is 11.3 Å². The molecule has 0 fully saturated rings. The highest BCUT2D eigenvalue weighted by atomic mass is 16.1. The summed E-state index contributed by atoms with van der Waals surface area (Å²) >= 11 is 0. The first-order valence-corrected chi connectivity index (χ1v) is 9.89. The quantitative estimate of drug-likeness (QED) is 0.314. The van der Waals surface area contributed by atoms with Crippen molar-refractivity contribution in [2.24, 2.45) is 11.5 Å². The molecule has 0 aliphatic rings. The van der Waals surface area contributed by atoms with Gasteiger partial charge in [0.2, 0.25) is 6.41 Å². The number of anilines is 1. The van der Waals surface area contributed by atoms with Crippen LogP contribution >= 0.6 is 0 Å². The second-order valence-corrected chi connectivity index (χ2v) is 6.17. The Morgan fingerprint density at radius 1 is 1.15 bits per heavy atom. The monoisotopic (exact) mass is 449 g/mol. The SMILES string of the molecule is CN.CNc1cn(-c2cccc(-c3cccc(C(=O)NCCC#N)c3)c2)nc1C=O.NC=O. The second kappa shape index (κ2) is 14.5. The largest absolute Gasteiger partial charge is 0.385 e. The first-order valence-electron chi connectivity index (χ1n) is 9.89. The van der Waals surface area contributed by atoms with Crippen LogP contribution in [0.15, 0.2) is 54.7 Å². The van der Waals surface area contributed by atoms with Crippen LogP contribution in [0.4, 0.5) is 5.69 Å². The Hall–Kier alpha value is -4.49. The van der Waals surface area contributed by atoms with E-state index in [0.717, 1.165) is 16.8 Å². The molecule has 10 nitrogen and oxygen atoms in total. The number of nitrogens with zero attached hydrogens (tertiary/aromatic N) is 3. The average molecular weight is 450 g/mol. The molecule has 0 aliphatic heterocycles. The Kier molecular flexibility index (Phi) is 11.7. The van der Waals surface area contributed by atoms with Crippen LogP contribution in [0.2, 0.25) is 0 Å². The number of hydrogen-bond donors (Lipinski definition) is 4. The van der Waals surface area contributed by atoms with Gasteiger partial charge in [0.1, 0.15) is 5.69 Å². The summed E-state index contributed by atoms with van der Waals surface area (Å²) in [5.41, 5.74) is 12.8. The number of hydrogen-bond acceptors (Lipinski definition) is 7. The van der Waals surface area contributed by atoms with Crippen molar-refractivity contribution in [3.63, 3.8) is 0 Å². The molecule has 1 heterocycles. The molecule has 0 unspecified atom stereocenters. The predicted octanol–water partition coefficient (Wildman–Crippen LogP) is 1.71. The molecule has 10 heteroatoms. The van der Waals surface area contributed by atoms with Crippen LogP contribution in [0.25, 0.3) is 16.8 Å². The Morgan fingerprint density at radius 2 is 1.79 bits per heavy atom. The number of carbonyl (C=O) groups excluding carboxylic acids is 3. The van der Waals surface area contributed by atoms with Gasteiger partial charge in [0, 0.05) is 19.2 Å². The third-order valence-corrected chi connectivity index (χ3v) is 4.21. The third-order valence-electron chi connectivity index (χ3n) is 4.21. The summed E-state index contributed by atoms with van der Waals surface area (Å²) < 4.78 is 1.64. The van der Waals surface area contributed by atoms with Gasteiger partial charge < -0.3 is 22.1 Å². The van der Waals surface area contributed by atoms with Gasteiger partial charge in [-0.1, -0.05) is 24.3 Å². The Morgan fingerprint density at radius 3 is 2.36 bits per heavy atom. The van der Waals surface area contributed by atoms with E-state index in [0.29, 0.717) is 29.8 Å². The number of nitrogens with one attached hydrogen (secondary N) is 2. The number of rotatable bonds is 7. The van der Waals surface area contributed by atoms with Crippen molar-refractivity contribution in [3.05, 3.63) is 66.0 Å². The molecule has 3 aromatic rings. The Balaban J connectivity index is 0.00000101. The van der Waals surface area contributed by atoms with Crippen molar-refractivity contribution in [1.82, 2.24) is 15.1 Å². The van der Waals surface area contributed by atoms with Crippen molar-refractivity contribution in [3.8, 4) is 22.9 Å². The highest BCUT2D eigenvalue weighted by Gasteiger charge is 2.10. The summed E-state index contributed by atoms with van der Waals surface area (Å²) in [7, 11) is 3.23. The van der Waals surface area contributed by atoms with E-state index in [2.05, 4.69) is 27.2 Å². The maximum absolute atomic E-state index is 12.2. The third kappa shape index (κ3) is 7.61. The summed E-state index contributed by atoms with van der Waals surface area (Å²) in [6.45, 7) is 0.321. The first-order chi connectivity index (χ1) is 16.1. The lowest BCUT2D eigenvalue weighted by Gasteiger charge is -2.08. The fourth-order valence-corrected chi connectivity index (χ4v) is 2.80. The van der Waals surface area contributed by atoms with Gasteiger partial charge in [-0.15, -0.1) is 0 Å². The molecule has 0 atom stereocenters. The number of nitrogens with two attached hydrogens (primary N) is 2. The number of aromatic nitrogens is 2. The number of carbonyl (C=O) groups is 3. The number of benzene rings is 2. The zero-order chi connectivity index (χ0) is 24.6. The van der Waals surface area contributed by atoms with E-state index in [1.807, 2.05) is 42.5 Å². The van der Waals surface area contributed by atoms with E-state index in [-0.39, 0.29) is 18.7 Å². The molecule has 2 amide bonds. The number of aldehydes is 1. The van der Waals surface area contributed by atoms with Gasteiger partial charge >= 0.3 is 0 Å². The molecule has 1 aromatic heterocycles. The van der Waals surface area contributed by atoms with E-state index in [1.54, 1.807) is 30.1 Å². The molecule has 0 bridgehead atoms. The molecular weight excluding hydrogens is 422 g/mol. The number of amides is 2. The molecule has 2 aromatic carbocycles. The molecule has 0 spiro atoms. The molecule has 172 valence electrons. The molecule has 0 saturated carbocycles. The van der Waals surface area contributed by atoms with Crippen molar-refractivity contribution in [1.29, 1.82) is 5.26 Å². The van der Waals surface area contributed by atoms with Gasteiger partial charge in [0.25, 0.3) is 5.91 Å². The van der Waals surface area contributed by atoms with E-state index in [4.69, 9.17) is 10.1 Å². The molecule has 33 heavy (non-hydrogen) atoms. The van der Waals surface area contributed by atoms with Gasteiger partial charge in [-0.3, -0.25) is 14.4 Å². The Labute approximate surface area is 192 Å². The summed E-state index contributed by atoms with van der Waals surface area (Å²) in [5.74, 6) is -0.213. The Bertz CT molecular complexity index is 1100. The van der Waals surface area contributed by atoms with E-state index in [1.165, 1.54) is 7.05 Å². The lowest BCUT2D eigenvalue weighted by atomic mass is 10.0. The van der Waals surface area contributed by atoms with Crippen molar-refractivity contribution in [2.45, 2.75) is 6.42 Å². The smallest absolute Gasteiger partial charge is 0.251 e. The fourth-order valence-electron chi connectivity index (χ4n) is 2.80. The maximum atomic E-state index is 12.2. The zero-order valence-corrected chi connectivity index (χ0v) is 18.5. The minimum absolute atomic E-state index is 0.213. The molecular formula is C23H27N7O3. The summed E-state index contributed by atoms with van der Waals surface area (Å²) in [6.07, 6.45) is 2.98. The van der Waals surface area contributed by atoms with Crippen molar-refractivity contribution in [2.75, 3.05) is 26.0 Å². The zero-order valence-electron chi connectivity index (χ0n) is 18.5. The normalized spacial score (nSPS) is 9.15. The maximum Gasteiger partial charge on any atom is 0.251 e. The summed E-state index contributed by atoms with van der Waals surface area (Å²) in [5, 5.41) is 18.5. The fraction of sp³-hybridized carbons (Fsp3) is 0.174. The molecule has 3 rings (SSSR count). The van der Waals surface area contributed by atoms with Crippen molar-refractivity contribution < 1.29 is 14.4 Å². The summed E-state index contributed by atoms with van der Waals surface area (Å²) in [6, 6.07) is 16.9. The van der Waals surface area contributed by atoms with Gasteiger partial charge in [0.05, 0.1) is 30.1 Å². The topological polar surface area (TPSA) is 169 Å². The minimum Gasteiger partial charge on any atom is -0.385 e. The van der Waals surface area contributed by atoms with E-state index in [9.17, 15) is 9.59 Å². The average Bonchev–Trinajstić information content (AvgIpc) is 3.30. The predicted molar refractivity (Wildman–Crippen MR) is 127 cm³/mol. The van der Waals surface area contributed by atoms with Crippen LogP contribution in [0.3, 0.4) is 0 Å². The lowest BCUT2D eigenvalue weighted by Crippen LogP contribution is -2.24. The van der Waals surface area contributed by atoms with Crippen LogP contribution in [0.1, 0.15) is 27.3 Å². The number of nitriles is 1. The first kappa shape index (κ1) is 26.5. The molecule has 0 radical (unpaired) electrons. The second-order valence-electron chi connectivity index (χ2n) is 6.17. The molecule has 0 aliphatic carbocycles. The lowest BCUT2D eigenvalue weighted by molar-refractivity contribution is -0.106. The van der Waals surface area contributed by atoms with E-state index >= 15 is 0 Å². The summed E-state index contributed by atoms with van der Waals surface area (Å²) in [4.78, 5) is 31.9. The van der Waals surface area contributed by atoms with Gasteiger partial charge in [-0.2, -0.15) is 10.4 Å². The highest BCUT2D eigenvalue weighted by molar-refractivity contribution is 5.95. The van der Waals surface area contributed by atoms with Gasteiger partial charge in [0.15, 0.2) is 6.29 Å². The van der Waals surface area contributed by atoms with Crippen molar-refractivity contribution >= 4 is 24.3 Å². The van der Waals surface area contributed by atoms with Crippen LogP contribution < -0.4 is 22.1 Å². The van der Waals surface area contributed by atoms with E-state index < -0.39 is 0 Å². The van der Waals surface area contributed by atoms with Crippen LogP contribution in [-0.2, 0) is 4.79 Å².